The molecular weight excluding hydrogens is 286 g/mol. The average molecular weight is 303 g/mol. The molecule has 1 aromatic heterocycles. The fourth-order valence-electron chi connectivity index (χ4n) is 1.69. The zero-order valence-electron chi connectivity index (χ0n) is 11.8. The van der Waals surface area contributed by atoms with Crippen LogP contribution in [0.25, 0.3) is 0 Å². The van der Waals surface area contributed by atoms with E-state index in [0.29, 0.717) is 5.56 Å². The number of amides is 1. The molecule has 2 aromatic rings. The number of rotatable bonds is 6. The molecule has 4 nitrogen and oxygen atoms in total. The summed E-state index contributed by atoms with van der Waals surface area (Å²) in [5.41, 5.74) is 2.74. The van der Waals surface area contributed by atoms with Crippen molar-refractivity contribution in [1.29, 1.82) is 0 Å². The van der Waals surface area contributed by atoms with Crippen molar-refractivity contribution in [2.45, 2.75) is 20.0 Å². The summed E-state index contributed by atoms with van der Waals surface area (Å²) >= 11 is 1.46. The maximum atomic E-state index is 11.6. The molecule has 0 aliphatic carbocycles. The fraction of sp³-hybridized carbons (Fsp3) is 0.250. The van der Waals surface area contributed by atoms with E-state index >= 15 is 0 Å². The maximum Gasteiger partial charge on any atom is 0.307 e. The van der Waals surface area contributed by atoms with E-state index in [1.165, 1.54) is 16.9 Å². The average Bonchev–Trinajstić information content (AvgIpc) is 3.01. The van der Waals surface area contributed by atoms with Gasteiger partial charge in [-0.2, -0.15) is 11.3 Å². The lowest BCUT2D eigenvalue weighted by atomic mass is 10.2. The van der Waals surface area contributed by atoms with Crippen LogP contribution in [-0.4, -0.2) is 18.4 Å². The van der Waals surface area contributed by atoms with E-state index in [4.69, 9.17) is 4.74 Å². The molecule has 110 valence electrons. The Balaban J connectivity index is 1.66. The zero-order chi connectivity index (χ0) is 15.1. The molecule has 1 heterocycles. The van der Waals surface area contributed by atoms with Gasteiger partial charge >= 0.3 is 5.97 Å². The van der Waals surface area contributed by atoms with Gasteiger partial charge in [-0.15, -0.1) is 0 Å². The van der Waals surface area contributed by atoms with Crippen LogP contribution >= 0.6 is 11.3 Å². The van der Waals surface area contributed by atoms with Gasteiger partial charge in [-0.3, -0.25) is 9.59 Å². The minimum Gasteiger partial charge on any atom is -0.461 e. The Bertz CT molecular complexity index is 590. The van der Waals surface area contributed by atoms with Crippen LogP contribution in [0, 0.1) is 6.92 Å². The van der Waals surface area contributed by atoms with Crippen molar-refractivity contribution in [2.24, 2.45) is 0 Å². The Hall–Kier alpha value is -2.14. The van der Waals surface area contributed by atoms with E-state index in [0.717, 1.165) is 5.56 Å². The van der Waals surface area contributed by atoms with Crippen LogP contribution in [-0.2, 0) is 16.1 Å². The monoisotopic (exact) mass is 303 g/mol. The van der Waals surface area contributed by atoms with E-state index < -0.39 is 0 Å². The van der Waals surface area contributed by atoms with Crippen molar-refractivity contribution in [2.75, 3.05) is 6.54 Å². The molecule has 1 N–H and O–H groups in total. The Morgan fingerprint density at radius 3 is 2.62 bits per heavy atom. The predicted octanol–water partition coefficient (Wildman–Crippen LogP) is 2.92. The van der Waals surface area contributed by atoms with E-state index in [1.807, 2.05) is 36.6 Å². The summed E-state index contributed by atoms with van der Waals surface area (Å²) in [5, 5.41) is 6.30. The second kappa shape index (κ2) is 7.59. The highest BCUT2D eigenvalue weighted by molar-refractivity contribution is 7.08. The third-order valence-electron chi connectivity index (χ3n) is 2.92. The molecular formula is C16H17NO3S. The van der Waals surface area contributed by atoms with Crippen LogP contribution < -0.4 is 5.32 Å². The lowest BCUT2D eigenvalue weighted by molar-refractivity contribution is -0.144. The molecule has 0 aliphatic heterocycles. The number of carbonyl (C=O) groups is 2. The van der Waals surface area contributed by atoms with Crippen molar-refractivity contribution in [3.8, 4) is 0 Å². The normalized spacial score (nSPS) is 10.1. The van der Waals surface area contributed by atoms with Crippen molar-refractivity contribution < 1.29 is 14.3 Å². The first-order chi connectivity index (χ1) is 10.1. The van der Waals surface area contributed by atoms with Gasteiger partial charge in [0, 0.05) is 17.5 Å². The second-order valence-electron chi connectivity index (χ2n) is 4.66. The molecule has 0 radical (unpaired) electrons. The molecule has 0 saturated heterocycles. The quantitative estimate of drug-likeness (QED) is 0.835. The molecule has 0 bridgehead atoms. The van der Waals surface area contributed by atoms with Gasteiger partial charge in [0.05, 0.1) is 6.42 Å². The summed E-state index contributed by atoms with van der Waals surface area (Å²) in [7, 11) is 0. The van der Waals surface area contributed by atoms with Gasteiger partial charge in [0.2, 0.25) is 0 Å². The van der Waals surface area contributed by atoms with Gasteiger partial charge in [-0.25, -0.2) is 0 Å². The molecule has 2 rings (SSSR count). The van der Waals surface area contributed by atoms with E-state index in [1.54, 1.807) is 11.4 Å². The molecule has 0 fully saturated rings. The number of carbonyl (C=O) groups excluding carboxylic acids is 2. The number of aryl methyl sites for hydroxylation is 1. The molecule has 0 unspecified atom stereocenters. The summed E-state index contributed by atoms with van der Waals surface area (Å²) in [6.07, 6.45) is 0.168. The lowest BCUT2D eigenvalue weighted by Gasteiger charge is -2.06. The molecule has 1 amide bonds. The van der Waals surface area contributed by atoms with Gasteiger partial charge in [-0.05, 0) is 23.9 Å². The highest BCUT2D eigenvalue weighted by atomic mass is 32.1. The summed E-state index contributed by atoms with van der Waals surface area (Å²) in [4.78, 5) is 23.2. The smallest absolute Gasteiger partial charge is 0.307 e. The lowest BCUT2D eigenvalue weighted by Crippen LogP contribution is -2.26. The number of hydrogen-bond donors (Lipinski definition) is 1. The van der Waals surface area contributed by atoms with Gasteiger partial charge in [0.15, 0.2) is 0 Å². The number of esters is 1. The van der Waals surface area contributed by atoms with Gasteiger partial charge in [0.25, 0.3) is 5.91 Å². The fourth-order valence-corrected chi connectivity index (χ4v) is 2.33. The first-order valence-corrected chi connectivity index (χ1v) is 7.61. The van der Waals surface area contributed by atoms with Gasteiger partial charge in [0.1, 0.15) is 6.61 Å². The molecule has 0 saturated carbocycles. The van der Waals surface area contributed by atoms with Crippen LogP contribution in [0.3, 0.4) is 0 Å². The predicted molar refractivity (Wildman–Crippen MR) is 82.2 cm³/mol. The largest absolute Gasteiger partial charge is 0.461 e. The van der Waals surface area contributed by atoms with Crippen molar-refractivity contribution in [3.05, 3.63) is 57.8 Å². The maximum absolute atomic E-state index is 11.6. The van der Waals surface area contributed by atoms with E-state index in [2.05, 4.69) is 5.32 Å². The molecule has 1 aromatic carbocycles. The number of thiophene rings is 1. The Labute approximate surface area is 127 Å². The summed E-state index contributed by atoms with van der Waals surface area (Å²) in [5.74, 6) is -0.483. The summed E-state index contributed by atoms with van der Waals surface area (Å²) in [6, 6.07) is 9.56. The molecule has 5 heteroatoms. The first-order valence-electron chi connectivity index (χ1n) is 6.67. The molecule has 0 atom stereocenters. The SMILES string of the molecule is Cc1ccc(COC(=O)CCNC(=O)c2ccsc2)cc1. The van der Waals surface area contributed by atoms with E-state index in [-0.39, 0.29) is 31.4 Å². The van der Waals surface area contributed by atoms with Crippen LogP contribution in [0.15, 0.2) is 41.1 Å². The van der Waals surface area contributed by atoms with Crippen molar-refractivity contribution >= 4 is 23.2 Å². The van der Waals surface area contributed by atoms with Crippen LogP contribution in [0.1, 0.15) is 27.9 Å². The second-order valence-corrected chi connectivity index (χ2v) is 5.44. The van der Waals surface area contributed by atoms with E-state index in [9.17, 15) is 9.59 Å². The van der Waals surface area contributed by atoms with Gasteiger partial charge < -0.3 is 10.1 Å². The minimum absolute atomic E-state index is 0.164. The number of ether oxygens (including phenoxy) is 1. The Kier molecular flexibility index (Phi) is 5.51. The van der Waals surface area contributed by atoms with Gasteiger partial charge in [-0.1, -0.05) is 29.8 Å². The molecule has 0 aliphatic rings. The molecule has 0 spiro atoms. The van der Waals surface area contributed by atoms with Crippen LogP contribution in [0.4, 0.5) is 0 Å². The van der Waals surface area contributed by atoms with Crippen LogP contribution in [0.5, 0.6) is 0 Å². The topological polar surface area (TPSA) is 55.4 Å². The van der Waals surface area contributed by atoms with Crippen molar-refractivity contribution in [3.63, 3.8) is 0 Å². The molecule has 21 heavy (non-hydrogen) atoms. The third kappa shape index (κ3) is 5.04. The highest BCUT2D eigenvalue weighted by Crippen LogP contribution is 2.06. The standard InChI is InChI=1S/C16H17NO3S/c1-12-2-4-13(5-3-12)10-20-15(18)6-8-17-16(19)14-7-9-21-11-14/h2-5,7,9,11H,6,8,10H2,1H3,(H,17,19). The van der Waals surface area contributed by atoms with Crippen LogP contribution in [0.2, 0.25) is 0 Å². The number of benzene rings is 1. The number of hydrogen-bond acceptors (Lipinski definition) is 4. The Morgan fingerprint density at radius 2 is 1.95 bits per heavy atom. The minimum atomic E-state index is -0.318. The zero-order valence-corrected chi connectivity index (χ0v) is 12.6. The highest BCUT2D eigenvalue weighted by Gasteiger charge is 2.07. The Morgan fingerprint density at radius 1 is 1.19 bits per heavy atom. The summed E-state index contributed by atoms with van der Waals surface area (Å²) in [6.45, 7) is 2.55. The number of nitrogens with one attached hydrogen (secondary N) is 1. The first kappa shape index (κ1) is 15.3. The summed E-state index contributed by atoms with van der Waals surface area (Å²) < 4.78 is 5.15. The third-order valence-corrected chi connectivity index (χ3v) is 3.60. The van der Waals surface area contributed by atoms with Crippen molar-refractivity contribution in [1.82, 2.24) is 5.32 Å².